The normalized spacial score (nSPS) is 11.4. The molecular weight excluding hydrogens is 440 g/mol. The second-order valence-electron chi connectivity index (χ2n) is 7.28. The molecule has 0 bridgehead atoms. The van der Waals surface area contributed by atoms with E-state index in [2.05, 4.69) is 62.4 Å². The SMILES string of the molecule is Cc1ccc(Sc2ccc(S(=O)(=O)c3ccc(Sc4ccc(C)cc4)cc3)cc2)cc1. The molecule has 0 N–H and O–H groups in total. The van der Waals surface area contributed by atoms with Crippen LogP contribution in [0.15, 0.2) is 126 Å². The number of benzene rings is 4. The van der Waals surface area contributed by atoms with Gasteiger partial charge in [0.05, 0.1) is 9.79 Å². The molecule has 4 aromatic carbocycles. The van der Waals surface area contributed by atoms with Gasteiger partial charge in [0.25, 0.3) is 0 Å². The van der Waals surface area contributed by atoms with Crippen LogP contribution in [-0.2, 0) is 9.84 Å². The van der Waals surface area contributed by atoms with Crippen molar-refractivity contribution in [3.05, 3.63) is 108 Å². The molecule has 0 unspecified atom stereocenters. The van der Waals surface area contributed by atoms with Gasteiger partial charge in [-0.05, 0) is 86.6 Å². The Morgan fingerprint density at radius 2 is 0.710 bits per heavy atom. The van der Waals surface area contributed by atoms with Gasteiger partial charge < -0.3 is 0 Å². The Morgan fingerprint density at radius 3 is 1.00 bits per heavy atom. The summed E-state index contributed by atoms with van der Waals surface area (Å²) in [5.74, 6) is 0. The van der Waals surface area contributed by atoms with Crippen molar-refractivity contribution in [1.29, 1.82) is 0 Å². The van der Waals surface area contributed by atoms with Crippen LogP contribution in [0, 0.1) is 13.8 Å². The van der Waals surface area contributed by atoms with Crippen molar-refractivity contribution in [3.63, 3.8) is 0 Å². The predicted octanol–water partition coefficient (Wildman–Crippen LogP) is 7.44. The molecule has 4 aromatic rings. The van der Waals surface area contributed by atoms with Crippen molar-refractivity contribution in [2.45, 2.75) is 43.2 Å². The summed E-state index contributed by atoms with van der Waals surface area (Å²) in [6, 6.07) is 30.7. The molecule has 0 atom stereocenters. The zero-order valence-electron chi connectivity index (χ0n) is 17.3. The van der Waals surface area contributed by atoms with Gasteiger partial charge in [-0.2, -0.15) is 0 Å². The van der Waals surface area contributed by atoms with Crippen molar-refractivity contribution >= 4 is 33.4 Å². The number of hydrogen-bond acceptors (Lipinski definition) is 4. The highest BCUT2D eigenvalue weighted by atomic mass is 32.2. The number of sulfone groups is 1. The molecular formula is C26H22O2S3. The molecule has 0 aliphatic rings. The minimum atomic E-state index is -3.55. The summed E-state index contributed by atoms with van der Waals surface area (Å²) in [6.07, 6.45) is 0. The first kappa shape index (κ1) is 21.8. The second kappa shape index (κ2) is 9.35. The van der Waals surface area contributed by atoms with E-state index in [4.69, 9.17) is 0 Å². The van der Waals surface area contributed by atoms with E-state index < -0.39 is 9.84 Å². The minimum Gasteiger partial charge on any atom is -0.219 e. The monoisotopic (exact) mass is 462 g/mol. The Labute approximate surface area is 192 Å². The van der Waals surface area contributed by atoms with Crippen LogP contribution in [0.5, 0.6) is 0 Å². The highest BCUT2D eigenvalue weighted by molar-refractivity contribution is 7.99. The number of hydrogen-bond donors (Lipinski definition) is 0. The Kier molecular flexibility index (Phi) is 6.56. The molecule has 0 aliphatic heterocycles. The van der Waals surface area contributed by atoms with Crippen LogP contribution >= 0.6 is 23.5 Å². The standard InChI is InChI=1S/C26H22O2S3/c1-19-3-7-21(8-4-19)29-23-11-15-25(16-12-23)31(27,28)26-17-13-24(14-18-26)30-22-9-5-20(2)6-10-22/h3-18H,1-2H3. The molecule has 0 heterocycles. The van der Waals surface area contributed by atoms with Gasteiger partial charge in [0, 0.05) is 19.6 Å². The number of rotatable bonds is 6. The van der Waals surface area contributed by atoms with Crippen LogP contribution in [0.25, 0.3) is 0 Å². The van der Waals surface area contributed by atoms with Crippen molar-refractivity contribution in [2.75, 3.05) is 0 Å². The topological polar surface area (TPSA) is 34.1 Å². The number of aryl methyl sites for hydroxylation is 2. The molecule has 0 saturated carbocycles. The fourth-order valence-electron chi connectivity index (χ4n) is 2.99. The lowest BCUT2D eigenvalue weighted by Crippen LogP contribution is -2.01. The van der Waals surface area contributed by atoms with Crippen LogP contribution in [0.2, 0.25) is 0 Å². The van der Waals surface area contributed by atoms with Crippen LogP contribution in [-0.4, -0.2) is 8.42 Å². The van der Waals surface area contributed by atoms with E-state index in [0.717, 1.165) is 19.6 Å². The summed E-state index contributed by atoms with van der Waals surface area (Å²) >= 11 is 3.24. The van der Waals surface area contributed by atoms with Gasteiger partial charge in [0.2, 0.25) is 9.84 Å². The van der Waals surface area contributed by atoms with Gasteiger partial charge in [-0.15, -0.1) is 0 Å². The van der Waals surface area contributed by atoms with Gasteiger partial charge in [-0.1, -0.05) is 58.9 Å². The van der Waals surface area contributed by atoms with Gasteiger partial charge in [0.15, 0.2) is 0 Å². The Bertz CT molecular complexity index is 1160. The van der Waals surface area contributed by atoms with Crippen molar-refractivity contribution < 1.29 is 8.42 Å². The molecule has 0 aliphatic carbocycles. The van der Waals surface area contributed by atoms with E-state index in [0.29, 0.717) is 9.79 Å². The van der Waals surface area contributed by atoms with E-state index in [9.17, 15) is 8.42 Å². The van der Waals surface area contributed by atoms with Gasteiger partial charge in [0.1, 0.15) is 0 Å². The third-order valence-corrected chi connectivity index (χ3v) is 8.60. The van der Waals surface area contributed by atoms with Crippen molar-refractivity contribution in [2.24, 2.45) is 0 Å². The second-order valence-corrected chi connectivity index (χ2v) is 11.5. The van der Waals surface area contributed by atoms with E-state index in [1.807, 2.05) is 24.3 Å². The van der Waals surface area contributed by atoms with E-state index >= 15 is 0 Å². The quantitative estimate of drug-likeness (QED) is 0.298. The molecule has 2 nitrogen and oxygen atoms in total. The van der Waals surface area contributed by atoms with Crippen LogP contribution in [0.3, 0.4) is 0 Å². The summed E-state index contributed by atoms with van der Waals surface area (Å²) in [5, 5.41) is 0. The lowest BCUT2D eigenvalue weighted by Gasteiger charge is -2.08. The summed E-state index contributed by atoms with van der Waals surface area (Å²) in [6.45, 7) is 4.11. The third kappa shape index (κ3) is 5.42. The van der Waals surface area contributed by atoms with Gasteiger partial charge in [-0.3, -0.25) is 0 Å². The summed E-state index contributed by atoms with van der Waals surface area (Å²) < 4.78 is 26.1. The molecule has 156 valence electrons. The average Bonchev–Trinajstić information content (AvgIpc) is 2.78. The molecule has 31 heavy (non-hydrogen) atoms. The highest BCUT2D eigenvalue weighted by Crippen LogP contribution is 2.32. The summed E-state index contributed by atoms with van der Waals surface area (Å²) in [7, 11) is -3.55. The highest BCUT2D eigenvalue weighted by Gasteiger charge is 2.17. The first-order valence-corrected chi connectivity index (χ1v) is 13.0. The maximum Gasteiger partial charge on any atom is 0.206 e. The van der Waals surface area contributed by atoms with Crippen LogP contribution < -0.4 is 0 Å². The molecule has 0 aromatic heterocycles. The summed E-state index contributed by atoms with van der Waals surface area (Å²) in [5.41, 5.74) is 2.43. The fraction of sp³-hybridized carbons (Fsp3) is 0.0769. The zero-order chi connectivity index (χ0) is 21.8. The third-order valence-electron chi connectivity index (χ3n) is 4.78. The van der Waals surface area contributed by atoms with Gasteiger partial charge in [-0.25, -0.2) is 8.42 Å². The lowest BCUT2D eigenvalue weighted by atomic mass is 10.2. The van der Waals surface area contributed by atoms with Crippen LogP contribution in [0.4, 0.5) is 0 Å². The largest absolute Gasteiger partial charge is 0.219 e. The van der Waals surface area contributed by atoms with E-state index in [1.54, 1.807) is 47.8 Å². The lowest BCUT2D eigenvalue weighted by molar-refractivity contribution is 0.596. The minimum absolute atomic E-state index is 0.305. The van der Waals surface area contributed by atoms with E-state index in [-0.39, 0.29) is 0 Å². The average molecular weight is 463 g/mol. The maximum atomic E-state index is 13.0. The molecule has 5 heteroatoms. The van der Waals surface area contributed by atoms with E-state index in [1.165, 1.54) is 11.1 Å². The first-order chi connectivity index (χ1) is 14.9. The van der Waals surface area contributed by atoms with Crippen LogP contribution in [0.1, 0.15) is 11.1 Å². The van der Waals surface area contributed by atoms with Gasteiger partial charge >= 0.3 is 0 Å². The zero-order valence-corrected chi connectivity index (χ0v) is 19.7. The Morgan fingerprint density at radius 1 is 0.452 bits per heavy atom. The molecule has 0 amide bonds. The Balaban J connectivity index is 1.48. The Hall–Kier alpha value is -2.47. The molecule has 0 fully saturated rings. The maximum absolute atomic E-state index is 13.0. The molecule has 4 rings (SSSR count). The predicted molar refractivity (Wildman–Crippen MR) is 129 cm³/mol. The summed E-state index contributed by atoms with van der Waals surface area (Å²) in [4.78, 5) is 4.88. The van der Waals surface area contributed by atoms with Crippen molar-refractivity contribution in [1.82, 2.24) is 0 Å². The molecule has 0 saturated heterocycles. The fourth-order valence-corrected chi connectivity index (χ4v) is 5.89. The smallest absolute Gasteiger partial charge is 0.206 e. The molecule has 0 radical (unpaired) electrons. The van der Waals surface area contributed by atoms with Crippen molar-refractivity contribution in [3.8, 4) is 0 Å². The first-order valence-electron chi connectivity index (χ1n) is 9.84. The molecule has 0 spiro atoms.